The van der Waals surface area contributed by atoms with Crippen LogP contribution in [0.3, 0.4) is 0 Å². The van der Waals surface area contributed by atoms with Crippen molar-refractivity contribution in [1.29, 1.82) is 5.26 Å². The summed E-state index contributed by atoms with van der Waals surface area (Å²) in [4.78, 5) is 25.4. The first-order chi connectivity index (χ1) is 13.2. The van der Waals surface area contributed by atoms with Crippen molar-refractivity contribution < 1.29 is 18.8 Å². The molecule has 0 radical (unpaired) electrons. The Kier molecular flexibility index (Phi) is 5.87. The number of anilines is 1. The lowest BCUT2D eigenvalue weighted by molar-refractivity contribution is -0.117. The standard InChI is InChI=1S/C20H21N3O4/c1-2-26-17-11-7-6-9-15(17)22-20(25)14(12-21)19(24)18-13-8-4-3-5-10-16(13)27-23-18/h6-7,9,11,14H,2-5,8,10H2,1H3,(H,22,25)/t14-/m1/s1. The first-order valence-corrected chi connectivity index (χ1v) is 9.09. The molecule has 7 heteroatoms. The van der Waals surface area contributed by atoms with Crippen LogP contribution in [-0.4, -0.2) is 23.5 Å². The van der Waals surface area contributed by atoms with Gasteiger partial charge in [-0.15, -0.1) is 0 Å². The van der Waals surface area contributed by atoms with Crippen molar-refractivity contribution in [1.82, 2.24) is 5.16 Å². The summed E-state index contributed by atoms with van der Waals surface area (Å²) in [6.45, 7) is 2.26. The predicted molar refractivity (Wildman–Crippen MR) is 97.4 cm³/mol. The van der Waals surface area contributed by atoms with Gasteiger partial charge in [0.05, 0.1) is 18.4 Å². The predicted octanol–water partition coefficient (Wildman–Crippen LogP) is 3.30. The second-order valence-corrected chi connectivity index (χ2v) is 6.34. The third-order valence-electron chi connectivity index (χ3n) is 4.53. The third-order valence-corrected chi connectivity index (χ3v) is 4.53. The van der Waals surface area contributed by atoms with Gasteiger partial charge in [-0.25, -0.2) is 0 Å². The maximum atomic E-state index is 12.8. The SMILES string of the molecule is CCOc1ccccc1NC(=O)[C@H](C#N)C(=O)c1noc2c1CCCCC2. The van der Waals surface area contributed by atoms with Crippen LogP contribution in [0.1, 0.15) is 48.0 Å². The van der Waals surface area contributed by atoms with Crippen molar-refractivity contribution in [3.05, 3.63) is 41.3 Å². The minimum absolute atomic E-state index is 0.103. The fourth-order valence-corrected chi connectivity index (χ4v) is 3.18. The van der Waals surface area contributed by atoms with Crippen molar-refractivity contribution in [2.24, 2.45) is 5.92 Å². The Balaban J connectivity index is 1.81. The molecule has 0 fully saturated rings. The average molecular weight is 367 g/mol. The number of nitriles is 1. The van der Waals surface area contributed by atoms with Gasteiger partial charge in [0.25, 0.3) is 0 Å². The van der Waals surface area contributed by atoms with E-state index in [1.165, 1.54) is 0 Å². The molecule has 1 aromatic heterocycles. The summed E-state index contributed by atoms with van der Waals surface area (Å²) in [5.74, 6) is -1.67. The van der Waals surface area contributed by atoms with E-state index in [-0.39, 0.29) is 5.69 Å². The Hall–Kier alpha value is -3.14. The van der Waals surface area contributed by atoms with E-state index in [0.717, 1.165) is 31.2 Å². The molecule has 2 aromatic rings. The summed E-state index contributed by atoms with van der Waals surface area (Å²) in [5.41, 5.74) is 1.25. The van der Waals surface area contributed by atoms with E-state index in [9.17, 15) is 14.9 Å². The quantitative estimate of drug-likeness (QED) is 0.477. The molecule has 0 bridgehead atoms. The smallest absolute Gasteiger partial charge is 0.249 e. The maximum Gasteiger partial charge on any atom is 0.249 e. The van der Waals surface area contributed by atoms with Crippen LogP contribution in [0.15, 0.2) is 28.8 Å². The number of Topliss-reactive ketones (excluding diaryl/α,β-unsaturated/α-hetero) is 1. The van der Waals surface area contributed by atoms with Gasteiger partial charge in [0.15, 0.2) is 11.6 Å². The summed E-state index contributed by atoms with van der Waals surface area (Å²) >= 11 is 0. The normalized spacial score (nSPS) is 14.4. The molecule has 0 saturated carbocycles. The molecule has 0 unspecified atom stereocenters. The molecule has 3 rings (SSSR count). The number of hydrogen-bond acceptors (Lipinski definition) is 6. The molecule has 1 atom stereocenters. The number of amides is 1. The number of hydrogen-bond donors (Lipinski definition) is 1. The fourth-order valence-electron chi connectivity index (χ4n) is 3.18. The molecule has 0 spiro atoms. The van der Waals surface area contributed by atoms with Crippen LogP contribution < -0.4 is 10.1 Å². The van der Waals surface area contributed by atoms with Gasteiger partial charge in [0.2, 0.25) is 11.7 Å². The number of ether oxygens (including phenoxy) is 1. The van der Waals surface area contributed by atoms with Gasteiger partial charge < -0.3 is 14.6 Å². The van der Waals surface area contributed by atoms with Crippen molar-refractivity contribution in [3.63, 3.8) is 0 Å². The first kappa shape index (κ1) is 18.6. The molecule has 1 amide bonds. The highest BCUT2D eigenvalue weighted by molar-refractivity contribution is 6.15. The van der Waals surface area contributed by atoms with Crippen molar-refractivity contribution in [2.75, 3.05) is 11.9 Å². The van der Waals surface area contributed by atoms with Crippen LogP contribution in [0, 0.1) is 17.2 Å². The number of aromatic nitrogens is 1. The zero-order chi connectivity index (χ0) is 19.2. The minimum Gasteiger partial charge on any atom is -0.492 e. The number of ketones is 1. The summed E-state index contributed by atoms with van der Waals surface area (Å²) in [6, 6.07) is 8.68. The number of para-hydroxylation sites is 2. The van der Waals surface area contributed by atoms with Crippen LogP contribution in [0.2, 0.25) is 0 Å². The summed E-state index contributed by atoms with van der Waals surface area (Å²) in [5, 5.41) is 15.9. The molecule has 1 aromatic carbocycles. The molecule has 0 aliphatic heterocycles. The zero-order valence-electron chi connectivity index (χ0n) is 15.2. The van der Waals surface area contributed by atoms with E-state index < -0.39 is 17.6 Å². The number of aryl methyl sites for hydroxylation is 1. The summed E-state index contributed by atoms with van der Waals surface area (Å²) in [6.07, 6.45) is 4.35. The lowest BCUT2D eigenvalue weighted by atomic mass is 9.97. The van der Waals surface area contributed by atoms with Crippen LogP contribution in [0.5, 0.6) is 5.75 Å². The Morgan fingerprint density at radius 2 is 2.07 bits per heavy atom. The van der Waals surface area contributed by atoms with E-state index in [2.05, 4.69) is 10.5 Å². The van der Waals surface area contributed by atoms with Crippen LogP contribution in [-0.2, 0) is 17.6 Å². The highest BCUT2D eigenvalue weighted by Crippen LogP contribution is 2.27. The Bertz CT molecular complexity index is 882. The lowest BCUT2D eigenvalue weighted by Gasteiger charge is -2.13. The molecule has 7 nitrogen and oxygen atoms in total. The largest absolute Gasteiger partial charge is 0.492 e. The van der Waals surface area contributed by atoms with Crippen molar-refractivity contribution in [3.8, 4) is 11.8 Å². The van der Waals surface area contributed by atoms with E-state index in [0.29, 0.717) is 30.2 Å². The lowest BCUT2D eigenvalue weighted by Crippen LogP contribution is -2.29. The summed E-state index contributed by atoms with van der Waals surface area (Å²) in [7, 11) is 0. The Morgan fingerprint density at radius 1 is 1.30 bits per heavy atom. The van der Waals surface area contributed by atoms with Gasteiger partial charge in [-0.05, 0) is 38.3 Å². The van der Waals surface area contributed by atoms with Gasteiger partial charge >= 0.3 is 0 Å². The second-order valence-electron chi connectivity index (χ2n) is 6.34. The van der Waals surface area contributed by atoms with Gasteiger partial charge in [-0.3, -0.25) is 9.59 Å². The molecule has 140 valence electrons. The molecular formula is C20H21N3O4. The zero-order valence-corrected chi connectivity index (χ0v) is 15.2. The highest BCUT2D eigenvalue weighted by atomic mass is 16.5. The number of fused-ring (bicyclic) bond motifs is 1. The van der Waals surface area contributed by atoms with Gasteiger partial charge in [-0.1, -0.05) is 23.7 Å². The highest BCUT2D eigenvalue weighted by Gasteiger charge is 2.33. The molecule has 1 N–H and O–H groups in total. The van der Waals surface area contributed by atoms with E-state index >= 15 is 0 Å². The fraction of sp³-hybridized carbons (Fsp3) is 0.400. The number of nitrogens with one attached hydrogen (secondary N) is 1. The molecular weight excluding hydrogens is 346 g/mol. The van der Waals surface area contributed by atoms with Crippen LogP contribution in [0.4, 0.5) is 5.69 Å². The maximum absolute atomic E-state index is 12.8. The topological polar surface area (TPSA) is 105 Å². The molecule has 1 heterocycles. The van der Waals surface area contributed by atoms with Crippen LogP contribution in [0.25, 0.3) is 0 Å². The monoisotopic (exact) mass is 367 g/mol. The number of carbonyl (C=O) groups excluding carboxylic acids is 2. The number of benzene rings is 1. The number of rotatable bonds is 6. The van der Waals surface area contributed by atoms with Gasteiger partial charge in [0.1, 0.15) is 11.5 Å². The molecule has 1 aliphatic carbocycles. The molecule has 0 saturated heterocycles. The van der Waals surface area contributed by atoms with Crippen molar-refractivity contribution in [2.45, 2.75) is 39.0 Å². The number of nitrogens with zero attached hydrogens (tertiary/aromatic N) is 2. The molecule has 1 aliphatic rings. The summed E-state index contributed by atoms with van der Waals surface area (Å²) < 4.78 is 10.8. The third kappa shape index (κ3) is 4.00. The van der Waals surface area contributed by atoms with E-state index in [4.69, 9.17) is 9.26 Å². The minimum atomic E-state index is -1.50. The van der Waals surface area contributed by atoms with E-state index in [1.807, 2.05) is 6.92 Å². The average Bonchev–Trinajstić information content (AvgIpc) is 2.92. The Morgan fingerprint density at radius 3 is 2.85 bits per heavy atom. The van der Waals surface area contributed by atoms with Gasteiger partial charge in [-0.2, -0.15) is 5.26 Å². The van der Waals surface area contributed by atoms with E-state index in [1.54, 1.807) is 30.3 Å². The van der Waals surface area contributed by atoms with Crippen LogP contribution >= 0.6 is 0 Å². The first-order valence-electron chi connectivity index (χ1n) is 9.09. The second kappa shape index (κ2) is 8.49. The Labute approximate surface area is 157 Å². The van der Waals surface area contributed by atoms with Gasteiger partial charge in [0, 0.05) is 12.0 Å². The number of carbonyl (C=O) groups is 2. The molecule has 27 heavy (non-hydrogen) atoms. The van der Waals surface area contributed by atoms with Crippen molar-refractivity contribution >= 4 is 17.4 Å².